The molecular formula is C13H24N2O4. The molecule has 0 aromatic carbocycles. The summed E-state index contributed by atoms with van der Waals surface area (Å²) >= 11 is 0. The summed E-state index contributed by atoms with van der Waals surface area (Å²) in [6.45, 7) is 6.49. The van der Waals surface area contributed by atoms with E-state index in [1.54, 1.807) is 4.90 Å². The van der Waals surface area contributed by atoms with Crippen LogP contribution in [0.3, 0.4) is 0 Å². The lowest BCUT2D eigenvalue weighted by molar-refractivity contribution is -0.140. The fourth-order valence-electron chi connectivity index (χ4n) is 2.08. The van der Waals surface area contributed by atoms with Crippen molar-refractivity contribution in [2.24, 2.45) is 11.7 Å². The topological polar surface area (TPSA) is 81.9 Å². The number of esters is 1. The van der Waals surface area contributed by atoms with Crippen molar-refractivity contribution in [2.75, 3.05) is 20.2 Å². The van der Waals surface area contributed by atoms with Crippen molar-refractivity contribution in [3.63, 3.8) is 0 Å². The zero-order valence-corrected chi connectivity index (χ0v) is 12.1. The van der Waals surface area contributed by atoms with Crippen molar-refractivity contribution in [1.82, 2.24) is 4.90 Å². The monoisotopic (exact) mass is 272 g/mol. The highest BCUT2D eigenvalue weighted by molar-refractivity contribution is 5.69. The molecule has 0 bridgehead atoms. The molecule has 2 atom stereocenters. The minimum Gasteiger partial charge on any atom is -0.469 e. The molecule has 0 unspecified atom stereocenters. The van der Waals surface area contributed by atoms with E-state index in [1.165, 1.54) is 7.11 Å². The summed E-state index contributed by atoms with van der Waals surface area (Å²) in [5, 5.41) is 0. The molecule has 0 radical (unpaired) electrons. The van der Waals surface area contributed by atoms with Gasteiger partial charge in [0, 0.05) is 25.6 Å². The molecule has 0 saturated carbocycles. The summed E-state index contributed by atoms with van der Waals surface area (Å²) in [7, 11) is 1.36. The van der Waals surface area contributed by atoms with Crippen LogP contribution in [0.4, 0.5) is 4.79 Å². The molecule has 1 rings (SSSR count). The van der Waals surface area contributed by atoms with E-state index in [2.05, 4.69) is 4.74 Å². The molecule has 1 saturated heterocycles. The van der Waals surface area contributed by atoms with Crippen LogP contribution in [0.2, 0.25) is 0 Å². The number of nitrogens with two attached hydrogens (primary N) is 1. The summed E-state index contributed by atoms with van der Waals surface area (Å²) in [4.78, 5) is 24.6. The van der Waals surface area contributed by atoms with Crippen LogP contribution in [-0.4, -0.2) is 48.8 Å². The van der Waals surface area contributed by atoms with Gasteiger partial charge in [0.1, 0.15) is 5.60 Å². The summed E-state index contributed by atoms with van der Waals surface area (Å²) in [6, 6.07) is -0.114. The van der Waals surface area contributed by atoms with Crippen LogP contribution in [0.1, 0.15) is 33.6 Å². The number of carbonyl (C=O) groups is 2. The van der Waals surface area contributed by atoms with Crippen LogP contribution in [0.15, 0.2) is 0 Å². The molecule has 0 aromatic rings. The van der Waals surface area contributed by atoms with Gasteiger partial charge in [-0.15, -0.1) is 0 Å². The molecule has 6 heteroatoms. The number of carbonyl (C=O) groups excluding carboxylic acids is 2. The third kappa shape index (κ3) is 5.06. The van der Waals surface area contributed by atoms with Crippen LogP contribution in [0.25, 0.3) is 0 Å². The van der Waals surface area contributed by atoms with Gasteiger partial charge in [-0.25, -0.2) is 4.79 Å². The molecule has 1 aliphatic heterocycles. The first kappa shape index (κ1) is 15.8. The van der Waals surface area contributed by atoms with Crippen molar-refractivity contribution >= 4 is 12.1 Å². The summed E-state index contributed by atoms with van der Waals surface area (Å²) in [6.07, 6.45) is 0.618. The minimum atomic E-state index is -0.509. The van der Waals surface area contributed by atoms with Crippen molar-refractivity contribution < 1.29 is 19.1 Å². The second kappa shape index (κ2) is 6.23. The average molecular weight is 272 g/mol. The second-order valence-electron chi connectivity index (χ2n) is 5.92. The number of methoxy groups -OCH3 is 1. The average Bonchev–Trinajstić information content (AvgIpc) is 2.65. The van der Waals surface area contributed by atoms with Gasteiger partial charge in [-0.1, -0.05) is 0 Å². The van der Waals surface area contributed by atoms with Crippen molar-refractivity contribution in [1.29, 1.82) is 0 Å². The number of hydrogen-bond acceptors (Lipinski definition) is 5. The fraction of sp³-hybridized carbons (Fsp3) is 0.846. The molecule has 2 N–H and O–H groups in total. The van der Waals surface area contributed by atoms with E-state index < -0.39 is 5.60 Å². The van der Waals surface area contributed by atoms with Crippen molar-refractivity contribution in [2.45, 2.75) is 45.3 Å². The van der Waals surface area contributed by atoms with Gasteiger partial charge in [-0.05, 0) is 33.1 Å². The quantitative estimate of drug-likeness (QED) is 0.779. The maximum atomic E-state index is 11.9. The maximum absolute atomic E-state index is 11.9. The Morgan fingerprint density at radius 1 is 1.32 bits per heavy atom. The second-order valence-corrected chi connectivity index (χ2v) is 5.92. The number of ether oxygens (including phenoxy) is 2. The number of amides is 1. The lowest BCUT2D eigenvalue weighted by Gasteiger charge is -2.24. The van der Waals surface area contributed by atoms with Crippen LogP contribution in [0.5, 0.6) is 0 Å². The molecule has 0 aromatic heterocycles. The van der Waals surface area contributed by atoms with E-state index in [-0.39, 0.29) is 24.0 Å². The zero-order chi connectivity index (χ0) is 14.6. The van der Waals surface area contributed by atoms with Crippen molar-refractivity contribution in [3.8, 4) is 0 Å². The number of nitrogens with zero attached hydrogens (tertiary/aromatic N) is 1. The largest absolute Gasteiger partial charge is 0.469 e. The van der Waals surface area contributed by atoms with Crippen LogP contribution in [-0.2, 0) is 14.3 Å². The zero-order valence-electron chi connectivity index (χ0n) is 12.1. The van der Waals surface area contributed by atoms with Gasteiger partial charge in [0.15, 0.2) is 0 Å². The number of hydrogen-bond donors (Lipinski definition) is 1. The Kier molecular flexibility index (Phi) is 5.17. The first-order valence-corrected chi connectivity index (χ1v) is 6.53. The Morgan fingerprint density at radius 3 is 2.47 bits per heavy atom. The molecule has 19 heavy (non-hydrogen) atoms. The predicted molar refractivity (Wildman–Crippen MR) is 70.5 cm³/mol. The Hall–Kier alpha value is -1.30. The molecule has 0 aliphatic carbocycles. The van der Waals surface area contributed by atoms with Gasteiger partial charge in [0.05, 0.1) is 7.11 Å². The molecule has 6 nitrogen and oxygen atoms in total. The smallest absolute Gasteiger partial charge is 0.410 e. The predicted octanol–water partition coefficient (Wildman–Crippen LogP) is 1.13. The SMILES string of the molecule is COC(=O)CC[C@H]1CN(C(=O)OC(C)(C)C)C[C@@H]1N. The lowest BCUT2D eigenvalue weighted by Crippen LogP contribution is -2.36. The van der Waals surface area contributed by atoms with Gasteiger partial charge in [0.2, 0.25) is 0 Å². The van der Waals surface area contributed by atoms with Crippen LogP contribution < -0.4 is 5.73 Å². The lowest BCUT2D eigenvalue weighted by atomic mass is 9.99. The Labute approximate surface area is 114 Å². The van der Waals surface area contributed by atoms with Crippen LogP contribution >= 0.6 is 0 Å². The highest BCUT2D eigenvalue weighted by atomic mass is 16.6. The fourth-order valence-corrected chi connectivity index (χ4v) is 2.08. The normalized spacial score (nSPS) is 23.3. The summed E-state index contributed by atoms with van der Waals surface area (Å²) in [5.41, 5.74) is 5.49. The Bertz CT molecular complexity index is 338. The van der Waals surface area contributed by atoms with Gasteiger partial charge < -0.3 is 20.1 Å². The number of likely N-dealkylation sites (tertiary alicyclic amines) is 1. The highest BCUT2D eigenvalue weighted by Gasteiger charge is 2.35. The first-order chi connectivity index (χ1) is 8.73. The molecule has 0 spiro atoms. The molecule has 1 heterocycles. The third-order valence-electron chi connectivity index (χ3n) is 3.09. The minimum absolute atomic E-state index is 0.114. The van der Waals surface area contributed by atoms with Gasteiger partial charge in [0.25, 0.3) is 0 Å². The van der Waals surface area contributed by atoms with E-state index in [0.717, 1.165) is 0 Å². The first-order valence-electron chi connectivity index (χ1n) is 6.53. The maximum Gasteiger partial charge on any atom is 0.410 e. The van der Waals surface area contributed by atoms with Crippen molar-refractivity contribution in [3.05, 3.63) is 0 Å². The molecule has 1 aliphatic rings. The van der Waals surface area contributed by atoms with E-state index >= 15 is 0 Å². The number of rotatable bonds is 3. The van der Waals surface area contributed by atoms with E-state index in [4.69, 9.17) is 10.5 Å². The van der Waals surface area contributed by atoms with Gasteiger partial charge in [-0.2, -0.15) is 0 Å². The molecular weight excluding hydrogens is 248 g/mol. The van der Waals surface area contributed by atoms with E-state index in [9.17, 15) is 9.59 Å². The Morgan fingerprint density at radius 2 is 1.95 bits per heavy atom. The van der Waals surface area contributed by atoms with E-state index in [1.807, 2.05) is 20.8 Å². The third-order valence-corrected chi connectivity index (χ3v) is 3.09. The van der Waals surface area contributed by atoms with Gasteiger partial charge >= 0.3 is 12.1 Å². The summed E-state index contributed by atoms with van der Waals surface area (Å²) < 4.78 is 9.91. The molecule has 1 fully saturated rings. The summed E-state index contributed by atoms with van der Waals surface area (Å²) in [5.74, 6) is -0.130. The molecule has 110 valence electrons. The van der Waals surface area contributed by atoms with Crippen LogP contribution in [0, 0.1) is 5.92 Å². The Balaban J connectivity index is 2.45. The highest BCUT2D eigenvalue weighted by Crippen LogP contribution is 2.22. The van der Waals surface area contributed by atoms with E-state index in [0.29, 0.717) is 25.9 Å². The van der Waals surface area contributed by atoms with Gasteiger partial charge in [-0.3, -0.25) is 4.79 Å². The molecule has 1 amide bonds. The standard InChI is InChI=1S/C13H24N2O4/c1-13(2,3)19-12(17)15-7-9(10(14)8-15)5-6-11(16)18-4/h9-10H,5-8,14H2,1-4H3/t9-,10-/m0/s1.